The second-order valence-electron chi connectivity index (χ2n) is 10.8. The Kier molecular flexibility index (Phi) is 7.95. The number of unbranched alkanes of at least 4 members (excludes halogenated alkanes) is 6. The molecule has 4 aromatic rings. The Bertz CT molecular complexity index is 1300. The molecule has 1 atom stereocenters. The van der Waals surface area contributed by atoms with Crippen molar-refractivity contribution in [1.82, 2.24) is 0 Å². The quantitative estimate of drug-likeness (QED) is 0.154. The first-order chi connectivity index (χ1) is 17.8. The van der Waals surface area contributed by atoms with E-state index in [1.165, 1.54) is 89.6 Å². The number of hydrogen-bond donors (Lipinski definition) is 0. The van der Waals surface area contributed by atoms with E-state index in [-0.39, 0.29) is 5.60 Å². The van der Waals surface area contributed by atoms with Crippen LogP contribution in [0.25, 0.3) is 21.5 Å². The van der Waals surface area contributed by atoms with E-state index in [0.29, 0.717) is 0 Å². The summed E-state index contributed by atoms with van der Waals surface area (Å²) in [6.07, 6.45) is 14.9. The molecule has 36 heavy (non-hydrogen) atoms. The van der Waals surface area contributed by atoms with Crippen LogP contribution in [0.5, 0.6) is 5.75 Å². The van der Waals surface area contributed by atoms with Gasteiger partial charge in [0.25, 0.3) is 0 Å². The Balaban J connectivity index is 1.41. The van der Waals surface area contributed by atoms with Crippen molar-refractivity contribution < 1.29 is 4.74 Å². The van der Waals surface area contributed by atoms with Gasteiger partial charge in [0.05, 0.1) is 0 Å². The standard InChI is InChI=1S/C35H42O/c1-3-5-6-7-8-9-10-17-28-18-12-14-21-34(28)36-35(4-2)26-15-20-32-31-23-22-27-16-11-13-19-29(27)30(31)24-25-33(32)35/h11-14,16,18-19,21-25H,3-10,15,17,20,26H2,1-2H3. The fourth-order valence-corrected chi connectivity index (χ4v) is 6.37. The molecule has 0 saturated heterocycles. The van der Waals surface area contributed by atoms with Gasteiger partial charge in [-0.15, -0.1) is 0 Å². The second-order valence-corrected chi connectivity index (χ2v) is 10.8. The molecule has 1 nitrogen and oxygen atoms in total. The molecule has 0 spiro atoms. The molecule has 0 aromatic heterocycles. The molecule has 0 saturated carbocycles. The number of aryl methyl sites for hydroxylation is 2. The van der Waals surface area contributed by atoms with Crippen LogP contribution in [-0.4, -0.2) is 0 Å². The van der Waals surface area contributed by atoms with Crippen LogP contribution in [-0.2, 0) is 18.4 Å². The Hall–Kier alpha value is -2.80. The number of benzene rings is 4. The molecule has 1 unspecified atom stereocenters. The maximum Gasteiger partial charge on any atom is 0.134 e. The Morgan fingerprint density at radius 3 is 2.31 bits per heavy atom. The highest BCUT2D eigenvalue weighted by Gasteiger charge is 2.38. The van der Waals surface area contributed by atoms with Crippen LogP contribution in [0.4, 0.5) is 0 Å². The number of ether oxygens (including phenoxy) is 1. The minimum absolute atomic E-state index is 0.246. The lowest BCUT2D eigenvalue weighted by molar-refractivity contribution is 0.0422. The molecule has 0 fully saturated rings. The Morgan fingerprint density at radius 2 is 1.44 bits per heavy atom. The van der Waals surface area contributed by atoms with Crippen molar-refractivity contribution in [3.05, 3.63) is 89.5 Å². The van der Waals surface area contributed by atoms with E-state index in [4.69, 9.17) is 4.74 Å². The SMILES string of the molecule is CCCCCCCCCc1ccccc1OC1(CC)CCCc2c1ccc1c2ccc2ccccc21. The molecular weight excluding hydrogens is 436 g/mol. The molecule has 0 radical (unpaired) electrons. The topological polar surface area (TPSA) is 9.23 Å². The lowest BCUT2D eigenvalue weighted by Crippen LogP contribution is -2.36. The average molecular weight is 479 g/mol. The molecule has 5 rings (SSSR count). The molecule has 1 aliphatic carbocycles. The maximum absolute atomic E-state index is 7.10. The predicted octanol–water partition coefficient (Wildman–Crippen LogP) is 10.3. The molecule has 188 valence electrons. The molecule has 4 aromatic carbocycles. The van der Waals surface area contributed by atoms with Gasteiger partial charge < -0.3 is 4.74 Å². The number of rotatable bonds is 11. The van der Waals surface area contributed by atoms with E-state index in [0.717, 1.165) is 31.4 Å². The van der Waals surface area contributed by atoms with Crippen molar-refractivity contribution in [3.63, 3.8) is 0 Å². The van der Waals surface area contributed by atoms with Crippen LogP contribution in [0.3, 0.4) is 0 Å². The van der Waals surface area contributed by atoms with Crippen LogP contribution in [0.15, 0.2) is 72.8 Å². The minimum atomic E-state index is -0.246. The smallest absolute Gasteiger partial charge is 0.134 e. The van der Waals surface area contributed by atoms with Crippen LogP contribution in [0.2, 0.25) is 0 Å². The van der Waals surface area contributed by atoms with Gasteiger partial charge in [0.1, 0.15) is 11.4 Å². The molecule has 0 amide bonds. The Morgan fingerprint density at radius 1 is 0.694 bits per heavy atom. The van der Waals surface area contributed by atoms with E-state index < -0.39 is 0 Å². The largest absolute Gasteiger partial charge is 0.482 e. The third-order valence-corrected chi connectivity index (χ3v) is 8.43. The van der Waals surface area contributed by atoms with Crippen molar-refractivity contribution in [2.24, 2.45) is 0 Å². The molecule has 1 aliphatic rings. The van der Waals surface area contributed by atoms with Gasteiger partial charge in [0, 0.05) is 0 Å². The highest BCUT2D eigenvalue weighted by atomic mass is 16.5. The van der Waals surface area contributed by atoms with Crippen molar-refractivity contribution in [2.75, 3.05) is 0 Å². The third kappa shape index (κ3) is 5.03. The van der Waals surface area contributed by atoms with Gasteiger partial charge in [0.2, 0.25) is 0 Å². The van der Waals surface area contributed by atoms with Crippen molar-refractivity contribution >= 4 is 21.5 Å². The van der Waals surface area contributed by atoms with E-state index in [2.05, 4.69) is 86.6 Å². The molecular formula is C35H42O. The fourth-order valence-electron chi connectivity index (χ4n) is 6.37. The zero-order valence-corrected chi connectivity index (χ0v) is 22.3. The normalized spacial score (nSPS) is 17.4. The van der Waals surface area contributed by atoms with E-state index >= 15 is 0 Å². The van der Waals surface area contributed by atoms with Crippen LogP contribution < -0.4 is 4.74 Å². The van der Waals surface area contributed by atoms with Gasteiger partial charge in [-0.05, 0) is 82.8 Å². The fraction of sp³-hybridized carbons (Fsp3) is 0.429. The summed E-state index contributed by atoms with van der Waals surface area (Å²) in [6.45, 7) is 4.59. The predicted molar refractivity (Wildman–Crippen MR) is 155 cm³/mol. The summed E-state index contributed by atoms with van der Waals surface area (Å²) < 4.78 is 7.10. The molecule has 0 heterocycles. The zero-order valence-electron chi connectivity index (χ0n) is 22.3. The van der Waals surface area contributed by atoms with E-state index in [1.54, 1.807) is 0 Å². The van der Waals surface area contributed by atoms with Crippen LogP contribution in [0.1, 0.15) is 94.7 Å². The van der Waals surface area contributed by atoms with E-state index in [1.807, 2.05) is 0 Å². The summed E-state index contributed by atoms with van der Waals surface area (Å²) >= 11 is 0. The van der Waals surface area contributed by atoms with Crippen LogP contribution >= 0.6 is 0 Å². The number of hydrogen-bond acceptors (Lipinski definition) is 1. The first-order valence-electron chi connectivity index (χ1n) is 14.5. The van der Waals surface area contributed by atoms with Gasteiger partial charge >= 0.3 is 0 Å². The maximum atomic E-state index is 7.10. The molecule has 0 bridgehead atoms. The van der Waals surface area contributed by atoms with Gasteiger partial charge in [0.15, 0.2) is 0 Å². The summed E-state index contributed by atoms with van der Waals surface area (Å²) in [5.41, 5.74) is 4.03. The van der Waals surface area contributed by atoms with Crippen molar-refractivity contribution in [2.45, 2.75) is 96.5 Å². The summed E-state index contributed by atoms with van der Waals surface area (Å²) in [5.74, 6) is 1.09. The van der Waals surface area contributed by atoms with Crippen molar-refractivity contribution in [1.29, 1.82) is 0 Å². The summed E-state index contributed by atoms with van der Waals surface area (Å²) in [4.78, 5) is 0. The van der Waals surface area contributed by atoms with Crippen molar-refractivity contribution in [3.8, 4) is 5.75 Å². The Labute approximate surface area is 217 Å². The zero-order chi connectivity index (χ0) is 24.8. The first-order valence-corrected chi connectivity index (χ1v) is 14.5. The molecule has 0 N–H and O–H groups in total. The molecule has 1 heteroatoms. The average Bonchev–Trinajstić information content (AvgIpc) is 2.93. The monoisotopic (exact) mass is 478 g/mol. The first kappa shape index (κ1) is 24.9. The van der Waals surface area contributed by atoms with Gasteiger partial charge in [-0.3, -0.25) is 0 Å². The minimum Gasteiger partial charge on any atom is -0.482 e. The summed E-state index contributed by atoms with van der Waals surface area (Å²) in [5, 5.41) is 5.45. The summed E-state index contributed by atoms with van der Waals surface area (Å²) in [7, 11) is 0. The van der Waals surface area contributed by atoms with Gasteiger partial charge in [-0.2, -0.15) is 0 Å². The van der Waals surface area contributed by atoms with E-state index in [9.17, 15) is 0 Å². The highest BCUT2D eigenvalue weighted by Crippen LogP contribution is 2.45. The lowest BCUT2D eigenvalue weighted by atomic mass is 9.75. The number of fused-ring (bicyclic) bond motifs is 5. The summed E-state index contributed by atoms with van der Waals surface area (Å²) in [6, 6.07) is 26.9. The van der Waals surface area contributed by atoms with Gasteiger partial charge in [-0.25, -0.2) is 0 Å². The van der Waals surface area contributed by atoms with Crippen LogP contribution in [0, 0.1) is 0 Å². The second kappa shape index (κ2) is 11.5. The third-order valence-electron chi connectivity index (χ3n) is 8.43. The van der Waals surface area contributed by atoms with Gasteiger partial charge in [-0.1, -0.05) is 119 Å². The highest BCUT2D eigenvalue weighted by molar-refractivity contribution is 6.08. The molecule has 0 aliphatic heterocycles. The number of para-hydroxylation sites is 1. The lowest BCUT2D eigenvalue weighted by Gasteiger charge is -2.40.